The molecule has 4 amide bonds. The number of carbonyl (C=O) groups excluding carboxylic acids is 5. The van der Waals surface area contributed by atoms with Crippen molar-refractivity contribution in [2.24, 2.45) is 5.92 Å². The van der Waals surface area contributed by atoms with Crippen LogP contribution in [0.2, 0.25) is 10.0 Å². The lowest BCUT2D eigenvalue weighted by Crippen LogP contribution is -2.55. The molecule has 3 atom stereocenters. The minimum absolute atomic E-state index is 0.0869. The Balaban J connectivity index is 1.38. The molecule has 10 nitrogen and oxygen atoms in total. The number of amides is 4. The van der Waals surface area contributed by atoms with Gasteiger partial charge in [-0.1, -0.05) is 54.6 Å². The van der Waals surface area contributed by atoms with Crippen LogP contribution in [0.3, 0.4) is 0 Å². The summed E-state index contributed by atoms with van der Waals surface area (Å²) in [7, 11) is 0. The highest BCUT2D eigenvalue weighted by atomic mass is 35.5. The summed E-state index contributed by atoms with van der Waals surface area (Å²) in [5.74, 6) is -4.51. The third-order valence-corrected chi connectivity index (χ3v) is 8.86. The molecule has 0 radical (unpaired) electrons. The molecule has 2 heterocycles. The number of H-pyrrole nitrogens is 1. The van der Waals surface area contributed by atoms with Crippen LogP contribution in [0.25, 0.3) is 10.9 Å². The minimum Gasteiger partial charge on any atom is -0.356 e. The largest absolute Gasteiger partial charge is 0.356 e. The summed E-state index contributed by atoms with van der Waals surface area (Å²) < 4.78 is 14.1. The van der Waals surface area contributed by atoms with Crippen LogP contribution in [0.5, 0.6) is 0 Å². The number of aromatic nitrogens is 1. The van der Waals surface area contributed by atoms with Crippen molar-refractivity contribution in [3.63, 3.8) is 0 Å². The minimum atomic E-state index is -1.32. The highest BCUT2D eigenvalue weighted by Gasteiger charge is 2.36. The topological polar surface area (TPSA) is 149 Å². The molecule has 2 fully saturated rings. The fourth-order valence-corrected chi connectivity index (χ4v) is 6.50. The van der Waals surface area contributed by atoms with Gasteiger partial charge in [-0.2, -0.15) is 0 Å². The molecule has 1 saturated carbocycles. The Kier molecular flexibility index (Phi) is 10.4. The quantitative estimate of drug-likeness (QED) is 0.198. The molecular weight excluding hydrogens is 624 g/mol. The molecule has 1 aliphatic heterocycles. The summed E-state index contributed by atoms with van der Waals surface area (Å²) in [4.78, 5) is 69.0. The van der Waals surface area contributed by atoms with E-state index in [0.29, 0.717) is 39.5 Å². The molecule has 13 heteroatoms. The summed E-state index contributed by atoms with van der Waals surface area (Å²) in [6.45, 7) is 0.421. The zero-order valence-electron chi connectivity index (χ0n) is 24.4. The van der Waals surface area contributed by atoms with Crippen molar-refractivity contribution in [1.29, 1.82) is 0 Å². The maximum absolute atomic E-state index is 14.1. The summed E-state index contributed by atoms with van der Waals surface area (Å²) in [6.07, 6.45) is 4.70. The Morgan fingerprint density at radius 1 is 0.956 bits per heavy atom. The van der Waals surface area contributed by atoms with Crippen molar-refractivity contribution in [1.82, 2.24) is 26.3 Å². The summed E-state index contributed by atoms with van der Waals surface area (Å²) in [5, 5.41) is 12.0. The van der Waals surface area contributed by atoms with Gasteiger partial charge in [-0.05, 0) is 61.6 Å². The predicted octanol–water partition coefficient (Wildman–Crippen LogP) is 3.98. The van der Waals surface area contributed by atoms with Crippen molar-refractivity contribution in [2.75, 3.05) is 6.54 Å². The van der Waals surface area contributed by atoms with E-state index in [4.69, 9.17) is 23.2 Å². The number of fused-ring (bicyclic) bond motifs is 1. The first-order chi connectivity index (χ1) is 21.6. The lowest BCUT2D eigenvalue weighted by Gasteiger charge is -2.26. The Morgan fingerprint density at radius 2 is 1.73 bits per heavy atom. The number of hydrogen-bond acceptors (Lipinski definition) is 5. The van der Waals surface area contributed by atoms with Gasteiger partial charge in [0.25, 0.3) is 11.8 Å². The smallest absolute Gasteiger partial charge is 0.289 e. The lowest BCUT2D eigenvalue weighted by molar-refractivity contribution is -0.141. The number of benzene rings is 2. The third kappa shape index (κ3) is 8.20. The number of nitrogens with one attached hydrogen (secondary N) is 5. The van der Waals surface area contributed by atoms with E-state index in [-0.39, 0.29) is 30.5 Å². The van der Waals surface area contributed by atoms with Crippen molar-refractivity contribution in [2.45, 2.75) is 69.5 Å². The van der Waals surface area contributed by atoms with E-state index in [1.165, 1.54) is 30.3 Å². The highest BCUT2D eigenvalue weighted by molar-refractivity contribution is 6.39. The number of ketones is 1. The molecule has 1 aliphatic carbocycles. The zero-order chi connectivity index (χ0) is 32.1. The first kappa shape index (κ1) is 32.4. The highest BCUT2D eigenvalue weighted by Crippen LogP contribution is 2.28. The second-order valence-electron chi connectivity index (χ2n) is 11.6. The van der Waals surface area contributed by atoms with Gasteiger partial charge in [0, 0.05) is 40.9 Å². The van der Waals surface area contributed by atoms with E-state index in [2.05, 4.69) is 26.3 Å². The van der Waals surface area contributed by atoms with Crippen LogP contribution in [-0.4, -0.2) is 59.1 Å². The fourth-order valence-electron chi connectivity index (χ4n) is 5.95. The van der Waals surface area contributed by atoms with E-state index < -0.39 is 47.3 Å². The monoisotopic (exact) mass is 657 g/mol. The second-order valence-corrected chi connectivity index (χ2v) is 12.5. The SMILES string of the molecule is O=C(NC1CCCCC1)C(=O)[C@H](C[C@@H]1CCNC1=O)NC(=O)[C@H](Cc1cccc(F)c1)NC(=O)c1cc2c(Cl)cc(Cl)cc2[nH]1. The van der Waals surface area contributed by atoms with Crippen LogP contribution in [0.4, 0.5) is 4.39 Å². The Bertz CT molecular complexity index is 1620. The van der Waals surface area contributed by atoms with Gasteiger partial charge in [0.1, 0.15) is 17.6 Å². The van der Waals surface area contributed by atoms with E-state index >= 15 is 0 Å². The summed E-state index contributed by atoms with van der Waals surface area (Å²) >= 11 is 12.4. The maximum atomic E-state index is 14.1. The molecule has 3 aromatic rings. The molecule has 45 heavy (non-hydrogen) atoms. The van der Waals surface area contributed by atoms with Crippen LogP contribution in [0, 0.1) is 11.7 Å². The number of Topliss-reactive ketones (excluding diaryl/α,β-unsaturated/α-hetero) is 1. The van der Waals surface area contributed by atoms with Gasteiger partial charge in [-0.25, -0.2) is 4.39 Å². The van der Waals surface area contributed by atoms with Crippen molar-refractivity contribution in [3.8, 4) is 0 Å². The standard InChI is InChI=1S/C32H34Cl2FN5O5/c33-19-14-23(34)22-16-27(38-24(22)15-19)31(44)40-26(12-17-5-4-6-20(35)11-17)30(43)39-25(13-18-9-10-36-29(18)42)28(41)32(45)37-21-7-2-1-3-8-21/h4-6,11,14-16,18,21,25-26,38H,1-3,7-10,12-13H2,(H,36,42)(H,37,45)(H,39,43)(H,40,44)/t18-,25-,26-/m0/s1. The molecule has 238 valence electrons. The number of aromatic amines is 1. The van der Waals surface area contributed by atoms with Crippen LogP contribution in [0.1, 0.15) is 61.0 Å². The van der Waals surface area contributed by atoms with Gasteiger partial charge in [0.2, 0.25) is 17.6 Å². The molecule has 5 N–H and O–H groups in total. The van der Waals surface area contributed by atoms with E-state index in [9.17, 15) is 28.4 Å². The molecule has 2 aliphatic rings. The van der Waals surface area contributed by atoms with E-state index in [0.717, 1.165) is 32.1 Å². The normalized spacial score (nSPS) is 18.2. The molecule has 1 aromatic heterocycles. The molecule has 1 saturated heterocycles. The van der Waals surface area contributed by atoms with Crippen LogP contribution < -0.4 is 21.3 Å². The fraction of sp³-hybridized carbons (Fsp3) is 0.406. The van der Waals surface area contributed by atoms with Gasteiger partial charge in [0.05, 0.1) is 11.1 Å². The zero-order valence-corrected chi connectivity index (χ0v) is 25.9. The van der Waals surface area contributed by atoms with Crippen molar-refractivity contribution < 1.29 is 28.4 Å². The molecule has 2 aromatic carbocycles. The van der Waals surface area contributed by atoms with Crippen LogP contribution in [-0.2, 0) is 25.6 Å². The van der Waals surface area contributed by atoms with Crippen LogP contribution in [0.15, 0.2) is 42.5 Å². The van der Waals surface area contributed by atoms with Gasteiger partial charge in [0.15, 0.2) is 0 Å². The molecule has 5 rings (SSSR count). The first-order valence-electron chi connectivity index (χ1n) is 15.0. The van der Waals surface area contributed by atoms with Gasteiger partial charge in [-0.15, -0.1) is 0 Å². The average Bonchev–Trinajstić information content (AvgIpc) is 3.62. The summed E-state index contributed by atoms with van der Waals surface area (Å²) in [6, 6.07) is 7.48. The predicted molar refractivity (Wildman–Crippen MR) is 167 cm³/mol. The molecular formula is C32H34Cl2FN5O5. The molecule has 0 spiro atoms. The number of halogens is 3. The Labute approximate surface area is 269 Å². The first-order valence-corrected chi connectivity index (χ1v) is 15.8. The Morgan fingerprint density at radius 3 is 2.44 bits per heavy atom. The maximum Gasteiger partial charge on any atom is 0.289 e. The van der Waals surface area contributed by atoms with Gasteiger partial charge in [-0.3, -0.25) is 24.0 Å². The lowest BCUT2D eigenvalue weighted by atomic mass is 9.93. The molecule has 0 unspecified atom stereocenters. The van der Waals surface area contributed by atoms with E-state index in [1.54, 1.807) is 12.1 Å². The number of carbonyl (C=O) groups is 5. The Hall–Kier alpha value is -3.96. The average molecular weight is 659 g/mol. The molecule has 0 bridgehead atoms. The number of rotatable bonds is 11. The second kappa shape index (κ2) is 14.4. The van der Waals surface area contributed by atoms with Crippen LogP contribution >= 0.6 is 23.2 Å². The van der Waals surface area contributed by atoms with Gasteiger partial charge >= 0.3 is 0 Å². The number of hydrogen-bond donors (Lipinski definition) is 5. The van der Waals surface area contributed by atoms with Gasteiger partial charge < -0.3 is 26.3 Å². The third-order valence-electron chi connectivity index (χ3n) is 8.33. The summed E-state index contributed by atoms with van der Waals surface area (Å²) in [5.41, 5.74) is 1.01. The van der Waals surface area contributed by atoms with Crippen molar-refractivity contribution in [3.05, 3.63) is 69.6 Å². The van der Waals surface area contributed by atoms with E-state index in [1.807, 2.05) is 0 Å². The van der Waals surface area contributed by atoms with Crippen molar-refractivity contribution >= 4 is 63.5 Å².